The molecule has 7 nitrogen and oxygen atoms in total. The molecule has 0 amide bonds. The van der Waals surface area contributed by atoms with Crippen LogP contribution >= 0.6 is 0 Å². The van der Waals surface area contributed by atoms with E-state index >= 15 is 0 Å². The lowest BCUT2D eigenvalue weighted by atomic mass is 10.2. The minimum absolute atomic E-state index is 0.269. The van der Waals surface area contributed by atoms with E-state index in [4.69, 9.17) is 4.74 Å². The molecule has 0 bridgehead atoms. The van der Waals surface area contributed by atoms with Crippen LogP contribution in [0.1, 0.15) is 6.92 Å². The van der Waals surface area contributed by atoms with E-state index in [0.29, 0.717) is 49.4 Å². The lowest BCUT2D eigenvalue weighted by Gasteiger charge is -2.34. The molecular weight excluding hydrogens is 376 g/mol. The summed E-state index contributed by atoms with van der Waals surface area (Å²) in [6.07, 6.45) is 3.39. The smallest absolute Gasteiger partial charge is 0.243 e. The average Bonchev–Trinajstić information content (AvgIpc) is 2.75. The lowest BCUT2D eigenvalue weighted by Crippen LogP contribution is -2.48. The second-order valence-electron chi connectivity index (χ2n) is 6.47. The molecule has 28 heavy (non-hydrogen) atoms. The summed E-state index contributed by atoms with van der Waals surface area (Å²) in [7, 11) is -3.64. The summed E-state index contributed by atoms with van der Waals surface area (Å²) in [6, 6.07) is 12.6. The van der Waals surface area contributed by atoms with Crippen molar-refractivity contribution < 1.29 is 13.2 Å². The van der Waals surface area contributed by atoms with E-state index in [-0.39, 0.29) is 4.90 Å². The van der Waals surface area contributed by atoms with Crippen LogP contribution in [0.15, 0.2) is 59.8 Å². The normalized spacial score (nSPS) is 15.7. The molecule has 1 aromatic carbocycles. The van der Waals surface area contributed by atoms with Crippen molar-refractivity contribution in [3.8, 4) is 5.75 Å². The Kier molecular flexibility index (Phi) is 5.15. The highest BCUT2D eigenvalue weighted by atomic mass is 32.2. The molecule has 1 fully saturated rings. The second-order valence-corrected chi connectivity index (χ2v) is 8.38. The number of ether oxygens (including phenoxy) is 1. The van der Waals surface area contributed by atoms with Gasteiger partial charge in [-0.2, -0.15) is 4.31 Å². The van der Waals surface area contributed by atoms with Crippen molar-refractivity contribution in [2.45, 2.75) is 11.8 Å². The molecule has 8 heteroatoms. The molecule has 1 aliphatic rings. The zero-order chi connectivity index (χ0) is 19.6. The molecule has 0 N–H and O–H groups in total. The minimum Gasteiger partial charge on any atom is -0.492 e. The van der Waals surface area contributed by atoms with Crippen LogP contribution in [0, 0.1) is 0 Å². The highest BCUT2D eigenvalue weighted by Crippen LogP contribution is 2.31. The molecule has 1 aliphatic heterocycles. The summed E-state index contributed by atoms with van der Waals surface area (Å²) in [5.74, 6) is 1.47. The van der Waals surface area contributed by atoms with Gasteiger partial charge in [0, 0.05) is 44.0 Å². The number of hydrogen-bond donors (Lipinski definition) is 0. The van der Waals surface area contributed by atoms with Crippen LogP contribution in [0.25, 0.3) is 10.9 Å². The molecule has 0 spiro atoms. The van der Waals surface area contributed by atoms with E-state index in [9.17, 15) is 8.42 Å². The second kappa shape index (κ2) is 7.73. The number of aromatic nitrogens is 2. The Morgan fingerprint density at radius 3 is 2.46 bits per heavy atom. The highest BCUT2D eigenvalue weighted by molar-refractivity contribution is 7.89. The molecule has 146 valence electrons. The third-order valence-corrected chi connectivity index (χ3v) is 6.78. The molecule has 0 radical (unpaired) electrons. The van der Waals surface area contributed by atoms with Crippen molar-refractivity contribution in [3.05, 3.63) is 54.9 Å². The molecule has 2 aromatic heterocycles. The Hall–Kier alpha value is -2.71. The number of hydrogen-bond acceptors (Lipinski definition) is 6. The van der Waals surface area contributed by atoms with Crippen LogP contribution in [0.5, 0.6) is 5.75 Å². The van der Waals surface area contributed by atoms with E-state index < -0.39 is 10.0 Å². The lowest BCUT2D eigenvalue weighted by molar-refractivity contribution is 0.343. The Balaban J connectivity index is 1.62. The standard InChI is InChI=1S/C20H22N4O3S/c1-2-27-17-8-9-18(16-6-5-11-22-20(16)17)28(25,26)24-14-12-23(13-15-24)19-7-3-4-10-21-19/h3-11H,2,12-15H2,1H3. The van der Waals surface area contributed by atoms with Crippen LogP contribution in [0.3, 0.4) is 0 Å². The van der Waals surface area contributed by atoms with E-state index in [2.05, 4.69) is 14.9 Å². The van der Waals surface area contributed by atoms with Gasteiger partial charge in [0.05, 0.1) is 11.5 Å². The zero-order valence-electron chi connectivity index (χ0n) is 15.7. The molecule has 3 heterocycles. The van der Waals surface area contributed by atoms with Crippen molar-refractivity contribution in [1.29, 1.82) is 0 Å². The van der Waals surface area contributed by atoms with Crippen LogP contribution in [0.2, 0.25) is 0 Å². The van der Waals surface area contributed by atoms with E-state index in [1.165, 1.54) is 4.31 Å². The number of pyridine rings is 2. The predicted molar refractivity (Wildman–Crippen MR) is 108 cm³/mol. The maximum Gasteiger partial charge on any atom is 0.243 e. The fourth-order valence-corrected chi connectivity index (χ4v) is 5.06. The minimum atomic E-state index is -3.64. The summed E-state index contributed by atoms with van der Waals surface area (Å²) in [4.78, 5) is 11.1. The van der Waals surface area contributed by atoms with Crippen LogP contribution < -0.4 is 9.64 Å². The molecule has 4 rings (SSSR count). The first-order chi connectivity index (χ1) is 13.6. The van der Waals surface area contributed by atoms with Gasteiger partial charge in [0.1, 0.15) is 17.1 Å². The molecule has 0 unspecified atom stereocenters. The summed E-state index contributed by atoms with van der Waals surface area (Å²) in [5, 5.41) is 0.584. The Morgan fingerprint density at radius 1 is 0.964 bits per heavy atom. The summed E-state index contributed by atoms with van der Waals surface area (Å²) >= 11 is 0. The van der Waals surface area contributed by atoms with Gasteiger partial charge in [-0.05, 0) is 43.3 Å². The number of anilines is 1. The number of fused-ring (bicyclic) bond motifs is 1. The SMILES string of the molecule is CCOc1ccc(S(=O)(=O)N2CCN(c3ccccn3)CC2)c2cccnc12. The van der Waals surface area contributed by atoms with E-state index in [1.807, 2.05) is 25.1 Å². The first kappa shape index (κ1) is 18.6. The number of piperazine rings is 1. The van der Waals surface area contributed by atoms with Gasteiger partial charge in [0.2, 0.25) is 10.0 Å². The van der Waals surface area contributed by atoms with Gasteiger partial charge < -0.3 is 9.64 Å². The van der Waals surface area contributed by atoms with Crippen LogP contribution in [-0.4, -0.2) is 55.5 Å². The van der Waals surface area contributed by atoms with Gasteiger partial charge >= 0.3 is 0 Å². The first-order valence-electron chi connectivity index (χ1n) is 9.28. The van der Waals surface area contributed by atoms with Gasteiger partial charge in [-0.1, -0.05) is 6.07 Å². The summed E-state index contributed by atoms with van der Waals surface area (Å²) in [6.45, 7) is 4.41. The van der Waals surface area contributed by atoms with Crippen LogP contribution in [0.4, 0.5) is 5.82 Å². The fraction of sp³-hybridized carbons (Fsp3) is 0.300. The number of benzene rings is 1. The van der Waals surface area contributed by atoms with Crippen molar-refractivity contribution in [3.63, 3.8) is 0 Å². The highest BCUT2D eigenvalue weighted by Gasteiger charge is 2.30. The van der Waals surface area contributed by atoms with Gasteiger partial charge in [-0.15, -0.1) is 0 Å². The monoisotopic (exact) mass is 398 g/mol. The maximum atomic E-state index is 13.3. The molecule has 0 aliphatic carbocycles. The van der Waals surface area contributed by atoms with E-state index in [0.717, 1.165) is 5.82 Å². The topological polar surface area (TPSA) is 75.6 Å². The average molecular weight is 398 g/mol. The maximum absolute atomic E-state index is 13.3. The third-order valence-electron chi connectivity index (χ3n) is 4.82. The molecule has 3 aromatic rings. The van der Waals surface area contributed by atoms with Gasteiger partial charge in [0.15, 0.2) is 0 Å². The predicted octanol–water partition coefficient (Wildman–Crippen LogP) is 2.54. The van der Waals surface area contributed by atoms with Gasteiger partial charge in [-0.3, -0.25) is 4.98 Å². The summed E-state index contributed by atoms with van der Waals surface area (Å²) in [5.41, 5.74) is 0.567. The molecule has 0 atom stereocenters. The number of sulfonamides is 1. The largest absolute Gasteiger partial charge is 0.492 e. The molecule has 1 saturated heterocycles. The van der Waals surface area contributed by atoms with Crippen LogP contribution in [-0.2, 0) is 10.0 Å². The van der Waals surface area contributed by atoms with Crippen molar-refractivity contribution in [2.75, 3.05) is 37.7 Å². The molecule has 0 saturated carbocycles. The first-order valence-corrected chi connectivity index (χ1v) is 10.7. The van der Waals surface area contributed by atoms with Crippen molar-refractivity contribution in [2.24, 2.45) is 0 Å². The number of rotatable bonds is 5. The Labute approximate surface area is 164 Å². The van der Waals surface area contributed by atoms with Crippen molar-refractivity contribution >= 4 is 26.7 Å². The van der Waals surface area contributed by atoms with Gasteiger partial charge in [0.25, 0.3) is 0 Å². The Bertz CT molecular complexity index is 1070. The molecular formula is C20H22N4O3S. The number of nitrogens with zero attached hydrogens (tertiary/aromatic N) is 4. The fourth-order valence-electron chi connectivity index (χ4n) is 3.45. The van der Waals surface area contributed by atoms with Crippen molar-refractivity contribution in [1.82, 2.24) is 14.3 Å². The van der Waals surface area contributed by atoms with E-state index in [1.54, 1.807) is 36.7 Å². The zero-order valence-corrected chi connectivity index (χ0v) is 16.5. The quantitative estimate of drug-likeness (QED) is 0.657. The summed E-state index contributed by atoms with van der Waals surface area (Å²) < 4.78 is 33.8. The Morgan fingerprint density at radius 2 is 1.75 bits per heavy atom. The third kappa shape index (κ3) is 3.41. The van der Waals surface area contributed by atoms with Gasteiger partial charge in [-0.25, -0.2) is 13.4 Å².